The molecule has 0 radical (unpaired) electrons. The Hall–Kier alpha value is -2.68. The van der Waals surface area contributed by atoms with Crippen molar-refractivity contribution >= 4 is 11.7 Å². The Morgan fingerprint density at radius 1 is 1.00 bits per heavy atom. The van der Waals surface area contributed by atoms with Gasteiger partial charge in [0.25, 0.3) is 0 Å². The molecule has 0 N–H and O–H groups in total. The van der Waals surface area contributed by atoms with E-state index in [1.54, 1.807) is 4.90 Å². The quantitative estimate of drug-likeness (QED) is 0.797. The van der Waals surface area contributed by atoms with Crippen LogP contribution in [0.5, 0.6) is 0 Å². The van der Waals surface area contributed by atoms with Crippen molar-refractivity contribution in [1.82, 2.24) is 15.1 Å². The van der Waals surface area contributed by atoms with E-state index in [1.807, 2.05) is 35.2 Å². The topological polar surface area (TPSA) is 58.6 Å². The third-order valence-corrected chi connectivity index (χ3v) is 4.23. The minimum atomic E-state index is -4.50. The molecule has 1 saturated heterocycles. The van der Waals surface area contributed by atoms with Crippen molar-refractivity contribution in [3.63, 3.8) is 0 Å². The molecule has 1 amide bonds. The first-order chi connectivity index (χ1) is 12.9. The van der Waals surface area contributed by atoms with E-state index in [2.05, 4.69) is 10.2 Å². The second kappa shape index (κ2) is 8.34. The van der Waals surface area contributed by atoms with Gasteiger partial charge in [-0.15, -0.1) is 10.2 Å². The van der Waals surface area contributed by atoms with Crippen molar-refractivity contribution < 1.29 is 22.7 Å². The molecule has 144 valence electrons. The zero-order chi connectivity index (χ0) is 19.3. The molecule has 2 heterocycles. The number of carbonyl (C=O) groups is 1. The molecule has 2 aromatic rings. The van der Waals surface area contributed by atoms with E-state index in [4.69, 9.17) is 4.74 Å². The van der Waals surface area contributed by atoms with Gasteiger partial charge < -0.3 is 14.5 Å². The predicted octanol–water partition coefficient (Wildman–Crippen LogP) is 2.36. The van der Waals surface area contributed by atoms with Crippen LogP contribution in [0.25, 0.3) is 0 Å². The summed E-state index contributed by atoms with van der Waals surface area (Å²) in [7, 11) is 0. The SMILES string of the molecule is O=C(COCc1ccccc1)N1CCN(c2ccc(C(F)(F)F)nn2)CC1. The van der Waals surface area contributed by atoms with Crippen molar-refractivity contribution in [1.29, 1.82) is 0 Å². The lowest BCUT2D eigenvalue weighted by molar-refractivity contribution is -0.141. The minimum absolute atomic E-state index is 0.00498. The third kappa shape index (κ3) is 5.16. The number of piperazine rings is 1. The molecule has 0 bridgehead atoms. The van der Waals surface area contributed by atoms with E-state index in [1.165, 1.54) is 6.07 Å². The lowest BCUT2D eigenvalue weighted by Gasteiger charge is -2.35. The van der Waals surface area contributed by atoms with Crippen LogP contribution in [0.1, 0.15) is 11.3 Å². The highest BCUT2D eigenvalue weighted by molar-refractivity contribution is 5.77. The molecule has 0 spiro atoms. The number of halogens is 3. The Morgan fingerprint density at radius 3 is 2.30 bits per heavy atom. The molecule has 0 saturated carbocycles. The van der Waals surface area contributed by atoms with Gasteiger partial charge in [0.15, 0.2) is 11.5 Å². The van der Waals surface area contributed by atoms with Gasteiger partial charge in [-0.25, -0.2) is 0 Å². The second-order valence-electron chi connectivity index (χ2n) is 6.12. The number of hydrogen-bond acceptors (Lipinski definition) is 5. The first kappa shape index (κ1) is 19.1. The van der Waals surface area contributed by atoms with Gasteiger partial charge in [-0.05, 0) is 17.7 Å². The molecule has 1 aromatic heterocycles. The van der Waals surface area contributed by atoms with E-state index < -0.39 is 11.9 Å². The van der Waals surface area contributed by atoms with E-state index in [0.717, 1.165) is 11.6 Å². The lowest BCUT2D eigenvalue weighted by atomic mass is 10.2. The van der Waals surface area contributed by atoms with Gasteiger partial charge >= 0.3 is 6.18 Å². The number of aromatic nitrogens is 2. The van der Waals surface area contributed by atoms with Gasteiger partial charge in [-0.1, -0.05) is 30.3 Å². The number of anilines is 1. The molecule has 3 rings (SSSR count). The maximum absolute atomic E-state index is 12.5. The highest BCUT2D eigenvalue weighted by Gasteiger charge is 2.33. The van der Waals surface area contributed by atoms with Crippen LogP contribution in [-0.2, 0) is 22.3 Å². The maximum Gasteiger partial charge on any atom is 0.435 e. The van der Waals surface area contributed by atoms with Crippen molar-refractivity contribution in [2.45, 2.75) is 12.8 Å². The third-order valence-electron chi connectivity index (χ3n) is 4.23. The zero-order valence-electron chi connectivity index (χ0n) is 14.5. The highest BCUT2D eigenvalue weighted by Crippen LogP contribution is 2.27. The van der Waals surface area contributed by atoms with E-state index in [9.17, 15) is 18.0 Å². The fraction of sp³-hybridized carbons (Fsp3) is 0.389. The summed E-state index contributed by atoms with van der Waals surface area (Å²) in [4.78, 5) is 15.7. The smallest absolute Gasteiger partial charge is 0.367 e. The fourth-order valence-corrected chi connectivity index (χ4v) is 2.75. The normalized spacial score (nSPS) is 15.1. The number of hydrogen-bond donors (Lipinski definition) is 0. The molecule has 1 aliphatic heterocycles. The summed E-state index contributed by atoms with van der Waals surface area (Å²) in [6.07, 6.45) is -4.50. The Bertz CT molecular complexity index is 745. The second-order valence-corrected chi connectivity index (χ2v) is 6.12. The molecule has 6 nitrogen and oxygen atoms in total. The number of nitrogens with zero attached hydrogens (tertiary/aromatic N) is 4. The molecule has 1 fully saturated rings. The Morgan fingerprint density at radius 2 is 1.70 bits per heavy atom. The zero-order valence-corrected chi connectivity index (χ0v) is 14.5. The molecule has 1 aromatic carbocycles. The summed E-state index contributed by atoms with van der Waals surface area (Å²) in [6, 6.07) is 11.8. The summed E-state index contributed by atoms with van der Waals surface area (Å²) in [6.45, 7) is 2.23. The van der Waals surface area contributed by atoms with Crippen LogP contribution in [0.2, 0.25) is 0 Å². The molecule has 0 atom stereocenters. The van der Waals surface area contributed by atoms with Crippen LogP contribution >= 0.6 is 0 Å². The monoisotopic (exact) mass is 380 g/mol. The number of amides is 1. The summed E-state index contributed by atoms with van der Waals surface area (Å²) in [5, 5.41) is 6.88. The van der Waals surface area contributed by atoms with Gasteiger partial charge in [0, 0.05) is 26.2 Å². The van der Waals surface area contributed by atoms with Crippen LogP contribution in [0.15, 0.2) is 42.5 Å². The number of carbonyl (C=O) groups excluding carboxylic acids is 1. The van der Waals surface area contributed by atoms with Gasteiger partial charge in [0.05, 0.1) is 6.61 Å². The minimum Gasteiger partial charge on any atom is -0.367 e. The fourth-order valence-electron chi connectivity index (χ4n) is 2.75. The Labute approximate surface area is 154 Å². The van der Waals surface area contributed by atoms with Gasteiger partial charge in [-0.2, -0.15) is 13.2 Å². The first-order valence-corrected chi connectivity index (χ1v) is 8.49. The Kier molecular flexibility index (Phi) is 5.90. The Balaban J connectivity index is 1.45. The van der Waals surface area contributed by atoms with Crippen LogP contribution in [0.3, 0.4) is 0 Å². The average Bonchev–Trinajstić information content (AvgIpc) is 2.68. The molecular weight excluding hydrogens is 361 g/mol. The standard InChI is InChI=1S/C18H19F3N4O2/c19-18(20,21)15-6-7-16(23-22-15)24-8-10-25(11-9-24)17(26)13-27-12-14-4-2-1-3-5-14/h1-7H,8-13H2. The molecule has 0 aliphatic carbocycles. The van der Waals surface area contributed by atoms with E-state index >= 15 is 0 Å². The van der Waals surface area contributed by atoms with Crippen LogP contribution in [0, 0.1) is 0 Å². The molecule has 1 aliphatic rings. The van der Waals surface area contributed by atoms with E-state index in [0.29, 0.717) is 38.6 Å². The average molecular weight is 380 g/mol. The van der Waals surface area contributed by atoms with Crippen molar-refractivity contribution in [2.24, 2.45) is 0 Å². The first-order valence-electron chi connectivity index (χ1n) is 8.49. The summed E-state index contributed by atoms with van der Waals surface area (Å²) in [5.41, 5.74) is -0.0216. The van der Waals surface area contributed by atoms with Crippen LogP contribution < -0.4 is 4.90 Å². The van der Waals surface area contributed by atoms with E-state index in [-0.39, 0.29) is 12.5 Å². The van der Waals surface area contributed by atoms with Crippen molar-refractivity contribution in [2.75, 3.05) is 37.7 Å². The van der Waals surface area contributed by atoms with Crippen LogP contribution in [0.4, 0.5) is 19.0 Å². The summed E-state index contributed by atoms with van der Waals surface area (Å²) < 4.78 is 43.1. The van der Waals surface area contributed by atoms with Gasteiger partial charge in [-0.3, -0.25) is 4.79 Å². The number of benzene rings is 1. The number of alkyl halides is 3. The maximum atomic E-state index is 12.5. The largest absolute Gasteiger partial charge is 0.435 e. The highest BCUT2D eigenvalue weighted by atomic mass is 19.4. The van der Waals surface area contributed by atoms with Crippen LogP contribution in [-0.4, -0.2) is 53.8 Å². The summed E-state index contributed by atoms with van der Waals surface area (Å²) in [5.74, 6) is 0.263. The molecule has 9 heteroatoms. The van der Waals surface area contributed by atoms with Crippen molar-refractivity contribution in [3.05, 3.63) is 53.7 Å². The van der Waals surface area contributed by atoms with Gasteiger partial charge in [0.2, 0.25) is 5.91 Å². The summed E-state index contributed by atoms with van der Waals surface area (Å²) >= 11 is 0. The molecule has 0 unspecified atom stereocenters. The molecular formula is C18H19F3N4O2. The molecule has 27 heavy (non-hydrogen) atoms. The van der Waals surface area contributed by atoms with Gasteiger partial charge in [0.1, 0.15) is 6.61 Å². The lowest BCUT2D eigenvalue weighted by Crippen LogP contribution is -2.50. The van der Waals surface area contributed by atoms with Crippen molar-refractivity contribution in [3.8, 4) is 0 Å². The number of ether oxygens (including phenoxy) is 1. The number of rotatable bonds is 5. The predicted molar refractivity (Wildman–Crippen MR) is 91.9 cm³/mol.